The predicted octanol–water partition coefficient (Wildman–Crippen LogP) is 3.37. The van der Waals surface area contributed by atoms with E-state index in [2.05, 4.69) is 10.6 Å². The van der Waals surface area contributed by atoms with E-state index in [1.165, 1.54) is 25.7 Å². The first kappa shape index (κ1) is 13.7. The molecule has 4 heteroatoms. The van der Waals surface area contributed by atoms with Crippen LogP contribution in [0, 0.1) is 18.8 Å². The first-order chi connectivity index (χ1) is 9.63. The monoisotopic (exact) mass is 292 g/mol. The van der Waals surface area contributed by atoms with E-state index in [0.717, 1.165) is 23.1 Å². The zero-order chi connectivity index (χ0) is 14.1. The summed E-state index contributed by atoms with van der Waals surface area (Å²) in [5, 5.41) is 7.08. The molecule has 0 radical (unpaired) electrons. The molecule has 0 unspecified atom stereocenters. The molecule has 108 valence electrons. The van der Waals surface area contributed by atoms with Gasteiger partial charge in [-0.3, -0.25) is 4.79 Å². The summed E-state index contributed by atoms with van der Waals surface area (Å²) >= 11 is 5.98. The van der Waals surface area contributed by atoms with Crippen molar-refractivity contribution in [1.82, 2.24) is 5.32 Å². The summed E-state index contributed by atoms with van der Waals surface area (Å²) in [7, 11) is 0. The molecule has 1 amide bonds. The summed E-state index contributed by atoms with van der Waals surface area (Å²) in [5.41, 5.74) is 2.03. The second-order valence-electron chi connectivity index (χ2n) is 6.08. The molecule has 1 aromatic carbocycles. The van der Waals surface area contributed by atoms with Gasteiger partial charge in [-0.15, -0.1) is 0 Å². The van der Waals surface area contributed by atoms with Crippen LogP contribution in [0.2, 0.25) is 5.02 Å². The molecule has 2 aliphatic carbocycles. The number of hydrogen-bond donors (Lipinski definition) is 2. The van der Waals surface area contributed by atoms with E-state index in [1.807, 2.05) is 25.1 Å². The van der Waals surface area contributed by atoms with Crippen molar-refractivity contribution < 1.29 is 4.79 Å². The second kappa shape index (κ2) is 5.65. The highest BCUT2D eigenvalue weighted by molar-refractivity contribution is 6.30. The average molecular weight is 293 g/mol. The summed E-state index contributed by atoms with van der Waals surface area (Å²) in [6.45, 7) is 2.32. The maximum Gasteiger partial charge on any atom is 0.239 e. The Balaban J connectivity index is 1.52. The number of benzene rings is 1. The predicted molar refractivity (Wildman–Crippen MR) is 82.1 cm³/mol. The number of nitrogens with one attached hydrogen (secondary N) is 2. The number of rotatable bonds is 6. The molecule has 0 aliphatic heterocycles. The average Bonchev–Trinajstić information content (AvgIpc) is 3.28. The summed E-state index contributed by atoms with van der Waals surface area (Å²) < 4.78 is 0. The Labute approximate surface area is 125 Å². The molecule has 0 saturated heterocycles. The molecular formula is C16H21ClN2O. The first-order valence-corrected chi connectivity index (χ1v) is 7.80. The van der Waals surface area contributed by atoms with Crippen LogP contribution in [-0.2, 0) is 4.79 Å². The van der Waals surface area contributed by atoms with Crippen molar-refractivity contribution in [3.05, 3.63) is 28.8 Å². The molecule has 0 bridgehead atoms. The van der Waals surface area contributed by atoms with Crippen LogP contribution >= 0.6 is 11.6 Å². The molecule has 3 rings (SSSR count). The number of carbonyl (C=O) groups excluding carboxylic acids is 1. The topological polar surface area (TPSA) is 41.1 Å². The summed E-state index contributed by atoms with van der Waals surface area (Å²) in [6.07, 6.45) is 5.12. The van der Waals surface area contributed by atoms with Gasteiger partial charge in [-0.2, -0.15) is 0 Å². The maximum absolute atomic E-state index is 12.1. The lowest BCUT2D eigenvalue weighted by atomic mass is 10.1. The molecule has 0 spiro atoms. The van der Waals surface area contributed by atoms with E-state index < -0.39 is 0 Å². The van der Waals surface area contributed by atoms with Gasteiger partial charge in [0.2, 0.25) is 5.91 Å². The number of amides is 1. The highest BCUT2D eigenvalue weighted by Gasteiger charge is 2.42. The van der Waals surface area contributed by atoms with Crippen LogP contribution in [0.5, 0.6) is 0 Å². The van der Waals surface area contributed by atoms with Crippen LogP contribution in [-0.4, -0.2) is 18.5 Å². The second-order valence-corrected chi connectivity index (χ2v) is 6.52. The minimum atomic E-state index is 0.0909. The van der Waals surface area contributed by atoms with E-state index in [0.29, 0.717) is 17.6 Å². The van der Waals surface area contributed by atoms with Crippen LogP contribution in [0.15, 0.2) is 18.2 Å². The Kier molecular flexibility index (Phi) is 3.88. The van der Waals surface area contributed by atoms with Crippen LogP contribution in [0.3, 0.4) is 0 Å². The van der Waals surface area contributed by atoms with Gasteiger partial charge in [0, 0.05) is 16.8 Å². The fourth-order valence-electron chi connectivity index (χ4n) is 2.73. The molecular weight excluding hydrogens is 272 g/mol. The van der Waals surface area contributed by atoms with E-state index in [4.69, 9.17) is 11.6 Å². The zero-order valence-electron chi connectivity index (χ0n) is 11.8. The van der Waals surface area contributed by atoms with E-state index in [1.54, 1.807) is 0 Å². The molecule has 0 heterocycles. The van der Waals surface area contributed by atoms with Gasteiger partial charge in [-0.05, 0) is 62.1 Å². The lowest BCUT2D eigenvalue weighted by Gasteiger charge is -2.18. The van der Waals surface area contributed by atoms with Gasteiger partial charge in [-0.25, -0.2) is 0 Å². The van der Waals surface area contributed by atoms with Crippen molar-refractivity contribution in [2.24, 2.45) is 11.8 Å². The number of aryl methyl sites for hydroxylation is 1. The molecule has 2 saturated carbocycles. The SMILES string of the molecule is Cc1ccc(Cl)cc1NCC(=O)NC(C1CC1)C1CC1. The Hall–Kier alpha value is -1.22. The van der Waals surface area contributed by atoms with Gasteiger partial charge in [0.1, 0.15) is 0 Å². The highest BCUT2D eigenvalue weighted by Crippen LogP contribution is 2.44. The quantitative estimate of drug-likeness (QED) is 0.844. The van der Waals surface area contributed by atoms with Crippen molar-refractivity contribution in [2.45, 2.75) is 38.6 Å². The molecule has 20 heavy (non-hydrogen) atoms. The largest absolute Gasteiger partial charge is 0.376 e. The fraction of sp³-hybridized carbons (Fsp3) is 0.562. The van der Waals surface area contributed by atoms with Crippen LogP contribution in [0.1, 0.15) is 31.2 Å². The molecule has 1 aromatic rings. The summed E-state index contributed by atoms with van der Waals surface area (Å²) in [5.74, 6) is 1.56. The van der Waals surface area contributed by atoms with Gasteiger partial charge in [0.05, 0.1) is 6.54 Å². The normalized spacial score (nSPS) is 18.1. The Bertz CT molecular complexity index is 497. The molecule has 2 aliphatic rings. The van der Waals surface area contributed by atoms with Gasteiger partial charge in [-0.1, -0.05) is 17.7 Å². The lowest BCUT2D eigenvalue weighted by molar-refractivity contribution is -0.120. The van der Waals surface area contributed by atoms with Crippen molar-refractivity contribution in [2.75, 3.05) is 11.9 Å². The minimum Gasteiger partial charge on any atom is -0.376 e. The van der Waals surface area contributed by atoms with Gasteiger partial charge >= 0.3 is 0 Å². The third-order valence-corrected chi connectivity index (χ3v) is 4.46. The van der Waals surface area contributed by atoms with Crippen molar-refractivity contribution in [3.63, 3.8) is 0 Å². The van der Waals surface area contributed by atoms with Gasteiger partial charge in [0.25, 0.3) is 0 Å². The van der Waals surface area contributed by atoms with Crippen molar-refractivity contribution in [3.8, 4) is 0 Å². The standard InChI is InChI=1S/C16H21ClN2O/c1-10-2-7-13(17)8-14(10)18-9-15(20)19-16(11-3-4-11)12-5-6-12/h2,7-8,11-12,16,18H,3-6,9H2,1H3,(H,19,20). The van der Waals surface area contributed by atoms with Gasteiger partial charge in [0.15, 0.2) is 0 Å². The maximum atomic E-state index is 12.1. The molecule has 3 nitrogen and oxygen atoms in total. The van der Waals surface area contributed by atoms with Crippen LogP contribution in [0.25, 0.3) is 0 Å². The van der Waals surface area contributed by atoms with E-state index >= 15 is 0 Å². The number of carbonyl (C=O) groups is 1. The molecule has 2 N–H and O–H groups in total. The van der Waals surface area contributed by atoms with E-state index in [-0.39, 0.29) is 5.91 Å². The highest BCUT2D eigenvalue weighted by atomic mass is 35.5. The van der Waals surface area contributed by atoms with Crippen molar-refractivity contribution in [1.29, 1.82) is 0 Å². The molecule has 0 aromatic heterocycles. The Morgan fingerprint density at radius 1 is 1.30 bits per heavy atom. The zero-order valence-corrected chi connectivity index (χ0v) is 12.5. The molecule has 0 atom stereocenters. The smallest absolute Gasteiger partial charge is 0.239 e. The lowest BCUT2D eigenvalue weighted by Crippen LogP contribution is -2.41. The minimum absolute atomic E-state index is 0.0909. The molecule has 2 fully saturated rings. The number of anilines is 1. The van der Waals surface area contributed by atoms with Crippen LogP contribution in [0.4, 0.5) is 5.69 Å². The Morgan fingerprint density at radius 2 is 1.95 bits per heavy atom. The first-order valence-electron chi connectivity index (χ1n) is 7.43. The number of halogens is 1. The summed E-state index contributed by atoms with van der Waals surface area (Å²) in [6, 6.07) is 6.10. The fourth-order valence-corrected chi connectivity index (χ4v) is 2.90. The van der Waals surface area contributed by atoms with Crippen molar-refractivity contribution >= 4 is 23.2 Å². The van der Waals surface area contributed by atoms with Crippen LogP contribution < -0.4 is 10.6 Å². The summed E-state index contributed by atoms with van der Waals surface area (Å²) in [4.78, 5) is 12.1. The third-order valence-electron chi connectivity index (χ3n) is 4.23. The third kappa shape index (κ3) is 3.45. The van der Waals surface area contributed by atoms with Gasteiger partial charge < -0.3 is 10.6 Å². The van der Waals surface area contributed by atoms with E-state index in [9.17, 15) is 4.79 Å². The Morgan fingerprint density at radius 3 is 2.55 bits per heavy atom. The number of hydrogen-bond acceptors (Lipinski definition) is 2.